The number of hydrogen-bond donors (Lipinski definition) is 1. The molecular weight excluding hydrogens is 232 g/mol. The Morgan fingerprint density at radius 2 is 1.67 bits per heavy atom. The number of fused-ring (bicyclic) bond motifs is 1. The van der Waals surface area contributed by atoms with Crippen molar-refractivity contribution in [3.05, 3.63) is 27.2 Å². The molecule has 0 amide bonds. The van der Waals surface area contributed by atoms with Crippen molar-refractivity contribution in [2.45, 2.75) is 27.7 Å². The smallest absolute Gasteiger partial charge is 0.287 e. The number of anilines is 1. The Morgan fingerprint density at radius 3 is 2.22 bits per heavy atom. The fourth-order valence-corrected chi connectivity index (χ4v) is 2.22. The first-order valence-electron chi connectivity index (χ1n) is 5.68. The summed E-state index contributed by atoms with van der Waals surface area (Å²) in [5.41, 5.74) is 8.27. The van der Waals surface area contributed by atoms with Crippen LogP contribution in [0.3, 0.4) is 0 Å². The molecule has 0 fully saturated rings. The van der Waals surface area contributed by atoms with Crippen LogP contribution >= 0.6 is 0 Å². The Labute approximate surface area is 105 Å². The normalized spacial score (nSPS) is 10.9. The molecule has 96 valence electrons. The average molecular weight is 248 g/mol. The molecule has 0 atom stereocenters. The molecule has 0 aliphatic carbocycles. The van der Waals surface area contributed by atoms with Gasteiger partial charge < -0.3 is 4.42 Å². The number of nitroso groups, excluding NO2 is 1. The van der Waals surface area contributed by atoms with Crippen LogP contribution in [-0.4, -0.2) is 7.11 Å². The summed E-state index contributed by atoms with van der Waals surface area (Å²) in [6.45, 7) is 8.06. The van der Waals surface area contributed by atoms with E-state index >= 15 is 0 Å². The quantitative estimate of drug-likeness (QED) is 0.657. The van der Waals surface area contributed by atoms with E-state index in [1.54, 1.807) is 0 Å². The van der Waals surface area contributed by atoms with Crippen LogP contribution < -0.4 is 5.48 Å². The number of nitrogens with zero attached hydrogens (tertiary/aromatic N) is 1. The molecule has 1 N–H and O–H groups in total. The Balaban J connectivity index is 2.94. The maximum Gasteiger partial charge on any atom is 0.287 e. The highest BCUT2D eigenvalue weighted by Crippen LogP contribution is 2.42. The van der Waals surface area contributed by atoms with E-state index in [-0.39, 0.29) is 5.88 Å². The lowest BCUT2D eigenvalue weighted by Crippen LogP contribution is -1.97. The van der Waals surface area contributed by atoms with Crippen molar-refractivity contribution in [1.82, 2.24) is 0 Å². The Bertz CT molecular complexity index is 629. The maximum absolute atomic E-state index is 10.8. The zero-order valence-corrected chi connectivity index (χ0v) is 11.2. The van der Waals surface area contributed by atoms with E-state index in [9.17, 15) is 4.91 Å². The zero-order chi connectivity index (χ0) is 13.4. The summed E-state index contributed by atoms with van der Waals surface area (Å²) in [4.78, 5) is 15.7. The van der Waals surface area contributed by atoms with Gasteiger partial charge in [0.2, 0.25) is 0 Å². The van der Waals surface area contributed by atoms with Crippen LogP contribution in [0.2, 0.25) is 0 Å². The summed E-state index contributed by atoms with van der Waals surface area (Å²) >= 11 is 0. The molecule has 0 aliphatic heterocycles. The van der Waals surface area contributed by atoms with Gasteiger partial charge in [-0.25, -0.2) is 0 Å². The van der Waals surface area contributed by atoms with Crippen molar-refractivity contribution >= 4 is 22.5 Å². The highest BCUT2D eigenvalue weighted by molar-refractivity contribution is 6.01. The van der Waals surface area contributed by atoms with Gasteiger partial charge in [-0.15, -0.1) is 4.91 Å². The summed E-state index contributed by atoms with van der Waals surface area (Å²) in [6, 6.07) is 0. The summed E-state index contributed by atoms with van der Waals surface area (Å²) in [6.07, 6.45) is 0. The Kier molecular flexibility index (Phi) is 3.09. The number of aryl methyl sites for hydroxylation is 2. The van der Waals surface area contributed by atoms with Crippen molar-refractivity contribution < 1.29 is 9.25 Å². The molecule has 0 saturated carbocycles. The minimum atomic E-state index is 0.0167. The Hall–Kier alpha value is -1.88. The Morgan fingerprint density at radius 1 is 1.06 bits per heavy atom. The molecule has 0 radical (unpaired) electrons. The summed E-state index contributed by atoms with van der Waals surface area (Å²) in [7, 11) is 1.48. The molecule has 5 heteroatoms. The third-order valence-electron chi connectivity index (χ3n) is 3.58. The number of hydrogen-bond acceptors (Lipinski definition) is 5. The van der Waals surface area contributed by atoms with Crippen LogP contribution in [0.4, 0.5) is 11.6 Å². The highest BCUT2D eigenvalue weighted by atomic mass is 16.6. The van der Waals surface area contributed by atoms with Gasteiger partial charge in [0.15, 0.2) is 0 Å². The van der Waals surface area contributed by atoms with Gasteiger partial charge in [0.1, 0.15) is 11.3 Å². The lowest BCUT2D eigenvalue weighted by Gasteiger charge is -2.10. The van der Waals surface area contributed by atoms with E-state index in [2.05, 4.69) is 17.6 Å². The minimum absolute atomic E-state index is 0.0167. The van der Waals surface area contributed by atoms with Gasteiger partial charge >= 0.3 is 0 Å². The molecule has 18 heavy (non-hydrogen) atoms. The second kappa shape index (κ2) is 4.42. The predicted octanol–water partition coefficient (Wildman–Crippen LogP) is 4.04. The molecule has 0 bridgehead atoms. The molecular formula is C13H16N2O3. The van der Waals surface area contributed by atoms with Crippen LogP contribution in [0.5, 0.6) is 0 Å². The van der Waals surface area contributed by atoms with Gasteiger partial charge in [-0.3, -0.25) is 10.3 Å². The topological polar surface area (TPSA) is 63.8 Å². The molecule has 2 rings (SSSR count). The van der Waals surface area contributed by atoms with E-state index in [0.717, 1.165) is 22.1 Å². The van der Waals surface area contributed by atoms with E-state index in [1.807, 2.05) is 20.8 Å². The highest BCUT2D eigenvalue weighted by Gasteiger charge is 2.21. The standard InChI is InChI=1S/C13H16N2O3/c1-6-7(2)9(4)12-10(8(6)3)11(15-17-5)13(14-16)18-12/h15H,1-5H3. The molecule has 0 aliphatic rings. The fraction of sp³-hybridized carbons (Fsp3) is 0.385. The number of nitrogens with one attached hydrogen (secondary N) is 1. The van der Waals surface area contributed by atoms with E-state index in [1.165, 1.54) is 12.7 Å². The third kappa shape index (κ3) is 1.59. The summed E-state index contributed by atoms with van der Waals surface area (Å²) < 4.78 is 5.53. The first-order valence-corrected chi connectivity index (χ1v) is 5.68. The van der Waals surface area contributed by atoms with Crippen molar-refractivity contribution in [2.24, 2.45) is 5.18 Å². The van der Waals surface area contributed by atoms with E-state index in [0.29, 0.717) is 11.3 Å². The van der Waals surface area contributed by atoms with Gasteiger partial charge in [-0.1, -0.05) is 0 Å². The van der Waals surface area contributed by atoms with Crippen molar-refractivity contribution in [2.75, 3.05) is 12.6 Å². The SMILES string of the molecule is CONc1c(N=O)oc2c(C)c(C)c(C)c(C)c12. The van der Waals surface area contributed by atoms with E-state index < -0.39 is 0 Å². The molecule has 1 aromatic carbocycles. The number of benzene rings is 1. The maximum atomic E-state index is 10.8. The van der Waals surface area contributed by atoms with Crippen LogP contribution in [0, 0.1) is 32.6 Å². The second-order valence-corrected chi connectivity index (χ2v) is 4.38. The lowest BCUT2D eigenvalue weighted by atomic mass is 9.95. The van der Waals surface area contributed by atoms with Gasteiger partial charge in [-0.2, -0.15) is 0 Å². The molecule has 1 heterocycles. The number of furan rings is 1. The van der Waals surface area contributed by atoms with Crippen LogP contribution in [0.15, 0.2) is 9.59 Å². The lowest BCUT2D eigenvalue weighted by molar-refractivity contribution is 0.271. The van der Waals surface area contributed by atoms with Gasteiger partial charge in [0.05, 0.1) is 12.5 Å². The minimum Gasteiger partial charge on any atom is -0.434 e. The van der Waals surface area contributed by atoms with Gasteiger partial charge in [-0.05, 0) is 49.9 Å². The average Bonchev–Trinajstić information content (AvgIpc) is 2.73. The van der Waals surface area contributed by atoms with Gasteiger partial charge in [0.25, 0.3) is 5.88 Å². The van der Waals surface area contributed by atoms with Crippen molar-refractivity contribution in [1.29, 1.82) is 0 Å². The van der Waals surface area contributed by atoms with Crippen molar-refractivity contribution in [3.8, 4) is 0 Å². The molecule has 5 nitrogen and oxygen atoms in total. The summed E-state index contributed by atoms with van der Waals surface area (Å²) in [5.74, 6) is 0.0167. The first-order chi connectivity index (χ1) is 8.52. The molecule has 0 saturated heterocycles. The monoisotopic (exact) mass is 248 g/mol. The predicted molar refractivity (Wildman–Crippen MR) is 71.2 cm³/mol. The van der Waals surface area contributed by atoms with Crippen LogP contribution in [0.25, 0.3) is 11.0 Å². The zero-order valence-electron chi connectivity index (χ0n) is 11.2. The van der Waals surface area contributed by atoms with Crippen LogP contribution in [0.1, 0.15) is 22.3 Å². The first kappa shape index (κ1) is 12.6. The van der Waals surface area contributed by atoms with Crippen LogP contribution in [-0.2, 0) is 4.84 Å². The van der Waals surface area contributed by atoms with E-state index in [4.69, 9.17) is 9.25 Å². The number of rotatable bonds is 3. The molecule has 0 spiro atoms. The third-order valence-corrected chi connectivity index (χ3v) is 3.58. The van der Waals surface area contributed by atoms with Crippen molar-refractivity contribution in [3.63, 3.8) is 0 Å². The summed E-state index contributed by atoms with van der Waals surface area (Å²) in [5, 5.41) is 3.76. The molecule has 1 aromatic heterocycles. The molecule has 2 aromatic rings. The largest absolute Gasteiger partial charge is 0.434 e. The second-order valence-electron chi connectivity index (χ2n) is 4.38. The fourth-order valence-electron chi connectivity index (χ4n) is 2.22. The molecule has 0 unspecified atom stereocenters. The van der Waals surface area contributed by atoms with Gasteiger partial charge in [0, 0.05) is 5.18 Å².